The molecule has 5 nitrogen and oxygen atoms in total. The normalized spacial score (nSPS) is 12.8. The lowest BCUT2D eigenvalue weighted by atomic mass is 9.99. The first kappa shape index (κ1) is 45.9. The van der Waals surface area contributed by atoms with E-state index in [1.54, 1.807) is 0 Å². The quantitative estimate of drug-likeness (QED) is 0.0527. The molecule has 0 radical (unpaired) electrons. The molecule has 0 amide bonds. The summed E-state index contributed by atoms with van der Waals surface area (Å²) in [7, 11) is 0. The first-order chi connectivity index (χ1) is 22.8. The van der Waals surface area contributed by atoms with Gasteiger partial charge in [-0.25, -0.2) is 0 Å². The monoisotopic (exact) mass is 667 g/mol. The van der Waals surface area contributed by atoms with Gasteiger partial charge in [0.05, 0.1) is 0 Å². The number of rotatable bonds is 37. The van der Waals surface area contributed by atoms with E-state index in [2.05, 4.69) is 27.7 Å². The van der Waals surface area contributed by atoms with Crippen LogP contribution in [0.15, 0.2) is 0 Å². The van der Waals surface area contributed by atoms with Crippen LogP contribution in [0.2, 0.25) is 0 Å². The average Bonchev–Trinajstić information content (AvgIpc) is 3.05. The second-order valence-electron chi connectivity index (χ2n) is 15.2. The molecule has 0 aromatic rings. The highest BCUT2D eigenvalue weighted by Gasteiger charge is 2.12. The number of hydrogen-bond donors (Lipinski definition) is 1. The van der Waals surface area contributed by atoms with Crippen LogP contribution in [-0.4, -0.2) is 36.4 Å². The maximum Gasteiger partial charge on any atom is 0.305 e. The smallest absolute Gasteiger partial charge is 0.305 e. The molecule has 0 aromatic heterocycles. The van der Waals surface area contributed by atoms with E-state index in [0.717, 1.165) is 43.9 Å². The third-order valence-corrected chi connectivity index (χ3v) is 9.81. The third-order valence-electron chi connectivity index (χ3n) is 9.81. The van der Waals surface area contributed by atoms with Crippen LogP contribution in [-0.2, 0) is 19.1 Å². The fourth-order valence-corrected chi connectivity index (χ4v) is 6.25. The first-order valence-corrected chi connectivity index (χ1v) is 20.8. The number of carbonyl (C=O) groups is 2. The van der Waals surface area contributed by atoms with Crippen molar-refractivity contribution in [2.75, 3.05) is 13.2 Å². The Hall–Kier alpha value is -1.10. The van der Waals surface area contributed by atoms with E-state index in [1.165, 1.54) is 154 Å². The minimum Gasteiger partial charge on any atom is -0.463 e. The number of carbonyl (C=O) groups excluding carboxylic acids is 2. The predicted molar refractivity (Wildman–Crippen MR) is 201 cm³/mol. The van der Waals surface area contributed by atoms with Gasteiger partial charge in [0, 0.05) is 12.8 Å². The number of esters is 2. The molecule has 0 aliphatic carbocycles. The summed E-state index contributed by atoms with van der Waals surface area (Å²) in [4.78, 5) is 23.9. The lowest BCUT2D eigenvalue weighted by molar-refractivity contribution is -0.152. The molecule has 0 bridgehead atoms. The minimum absolute atomic E-state index is 0.109. The van der Waals surface area contributed by atoms with Gasteiger partial charge in [-0.15, -0.1) is 0 Å². The molecule has 1 N–H and O–H groups in total. The van der Waals surface area contributed by atoms with E-state index < -0.39 is 6.10 Å². The van der Waals surface area contributed by atoms with Crippen LogP contribution in [0, 0.1) is 11.8 Å². The summed E-state index contributed by atoms with van der Waals surface area (Å²) in [6.45, 7) is 9.03. The molecule has 0 spiro atoms. The van der Waals surface area contributed by atoms with Crippen molar-refractivity contribution in [3.05, 3.63) is 0 Å². The lowest BCUT2D eigenvalue weighted by Crippen LogP contribution is -2.25. The van der Waals surface area contributed by atoms with Gasteiger partial charge in [0.1, 0.15) is 19.3 Å². The Labute approximate surface area is 293 Å². The van der Waals surface area contributed by atoms with Gasteiger partial charge >= 0.3 is 11.9 Å². The van der Waals surface area contributed by atoms with Crippen molar-refractivity contribution in [1.29, 1.82) is 0 Å². The Balaban J connectivity index is 3.35. The van der Waals surface area contributed by atoms with Gasteiger partial charge in [-0.2, -0.15) is 0 Å². The predicted octanol–water partition coefficient (Wildman–Crippen LogP) is 12.8. The van der Waals surface area contributed by atoms with E-state index in [4.69, 9.17) is 9.47 Å². The summed E-state index contributed by atoms with van der Waals surface area (Å²) in [5.41, 5.74) is 0. The van der Waals surface area contributed by atoms with Gasteiger partial charge in [-0.05, 0) is 24.7 Å². The number of unbranched alkanes of at least 4 members (excludes halogenated alkanes) is 24. The van der Waals surface area contributed by atoms with Crippen LogP contribution in [0.5, 0.6) is 0 Å². The Morgan fingerprint density at radius 3 is 1.02 bits per heavy atom. The highest BCUT2D eigenvalue weighted by atomic mass is 16.6. The third kappa shape index (κ3) is 37.6. The maximum atomic E-state index is 12.0. The zero-order valence-electron chi connectivity index (χ0n) is 32.1. The number of aliphatic hydroxyl groups is 1. The Morgan fingerprint density at radius 1 is 0.447 bits per heavy atom. The van der Waals surface area contributed by atoms with E-state index in [9.17, 15) is 14.7 Å². The summed E-state index contributed by atoms with van der Waals surface area (Å²) in [5.74, 6) is 1.17. The molecule has 2 atom stereocenters. The van der Waals surface area contributed by atoms with E-state index >= 15 is 0 Å². The fraction of sp³-hybridized carbons (Fsp3) is 0.952. The molecule has 5 heteroatoms. The Morgan fingerprint density at radius 2 is 0.723 bits per heavy atom. The standard InChI is InChI=1S/C42H82O5/c1-5-39(4)33-29-25-21-16-14-12-10-8-6-7-9-11-13-15-17-22-26-30-34-41(44)46-36-40(43)37-47-42(45)35-31-27-23-19-18-20-24-28-32-38(2)3/h38-40,43H,5-37H2,1-4H3/t39?,40-/m0/s1. The van der Waals surface area contributed by atoms with Crippen molar-refractivity contribution in [3.8, 4) is 0 Å². The second-order valence-corrected chi connectivity index (χ2v) is 15.2. The molecule has 0 aliphatic heterocycles. The van der Waals surface area contributed by atoms with Crippen molar-refractivity contribution >= 4 is 11.9 Å². The maximum absolute atomic E-state index is 12.0. The van der Waals surface area contributed by atoms with Crippen molar-refractivity contribution in [2.45, 2.75) is 233 Å². The van der Waals surface area contributed by atoms with Crippen LogP contribution in [0.3, 0.4) is 0 Å². The van der Waals surface area contributed by atoms with E-state index in [1.807, 2.05) is 0 Å². The Kier molecular flexibility index (Phi) is 35.3. The lowest BCUT2D eigenvalue weighted by Gasteiger charge is -2.12. The summed E-state index contributed by atoms with van der Waals surface area (Å²) in [5, 5.41) is 10.0. The largest absolute Gasteiger partial charge is 0.463 e. The molecule has 0 saturated carbocycles. The molecular weight excluding hydrogens is 584 g/mol. The Bertz CT molecular complexity index is 663. The first-order valence-electron chi connectivity index (χ1n) is 20.8. The van der Waals surface area contributed by atoms with E-state index in [0.29, 0.717) is 12.8 Å². The topological polar surface area (TPSA) is 72.8 Å². The van der Waals surface area contributed by atoms with Gasteiger partial charge in [-0.3, -0.25) is 9.59 Å². The molecule has 0 heterocycles. The van der Waals surface area contributed by atoms with Crippen molar-refractivity contribution < 1.29 is 24.2 Å². The summed E-state index contributed by atoms with van der Waals surface area (Å²) < 4.78 is 10.3. The highest BCUT2D eigenvalue weighted by Crippen LogP contribution is 2.17. The van der Waals surface area contributed by atoms with Crippen molar-refractivity contribution in [2.24, 2.45) is 11.8 Å². The summed E-state index contributed by atoms with van der Waals surface area (Å²) in [6.07, 6.45) is 37.4. The molecule has 0 aliphatic rings. The zero-order valence-corrected chi connectivity index (χ0v) is 32.1. The molecular formula is C42H82O5. The van der Waals surface area contributed by atoms with Crippen molar-refractivity contribution in [3.63, 3.8) is 0 Å². The fourth-order valence-electron chi connectivity index (χ4n) is 6.25. The van der Waals surface area contributed by atoms with Gasteiger partial charge < -0.3 is 14.6 Å². The van der Waals surface area contributed by atoms with Gasteiger partial charge in [-0.1, -0.05) is 201 Å². The molecule has 1 unspecified atom stereocenters. The average molecular weight is 667 g/mol. The van der Waals surface area contributed by atoms with Crippen LogP contribution in [0.1, 0.15) is 227 Å². The van der Waals surface area contributed by atoms with E-state index in [-0.39, 0.29) is 25.2 Å². The molecule has 0 rings (SSSR count). The number of aliphatic hydroxyl groups excluding tert-OH is 1. The van der Waals surface area contributed by atoms with Gasteiger partial charge in [0.25, 0.3) is 0 Å². The minimum atomic E-state index is -0.956. The summed E-state index contributed by atoms with van der Waals surface area (Å²) >= 11 is 0. The number of hydrogen-bond acceptors (Lipinski definition) is 5. The molecule has 0 saturated heterocycles. The van der Waals surface area contributed by atoms with Crippen LogP contribution in [0.25, 0.3) is 0 Å². The zero-order chi connectivity index (χ0) is 34.6. The molecule has 280 valence electrons. The van der Waals surface area contributed by atoms with Crippen LogP contribution < -0.4 is 0 Å². The van der Waals surface area contributed by atoms with Crippen LogP contribution >= 0.6 is 0 Å². The van der Waals surface area contributed by atoms with Gasteiger partial charge in [0.15, 0.2) is 0 Å². The molecule has 0 fully saturated rings. The highest BCUT2D eigenvalue weighted by molar-refractivity contribution is 5.69. The van der Waals surface area contributed by atoms with Gasteiger partial charge in [0.2, 0.25) is 0 Å². The SMILES string of the molecule is CCC(C)CCCCCCCCCCCCCCCCCCCCC(=O)OC[C@H](O)COC(=O)CCCCCCCCCCC(C)C. The number of ether oxygens (including phenoxy) is 2. The second kappa shape index (κ2) is 36.2. The summed E-state index contributed by atoms with van der Waals surface area (Å²) in [6, 6.07) is 0. The van der Waals surface area contributed by atoms with Crippen LogP contribution in [0.4, 0.5) is 0 Å². The van der Waals surface area contributed by atoms with Crippen molar-refractivity contribution in [1.82, 2.24) is 0 Å². The molecule has 47 heavy (non-hydrogen) atoms. The molecule has 0 aromatic carbocycles.